The van der Waals surface area contributed by atoms with E-state index in [9.17, 15) is 14.7 Å². The molecule has 5 nitrogen and oxygen atoms in total. The van der Waals surface area contributed by atoms with E-state index in [1.807, 2.05) is 12.2 Å². The van der Waals surface area contributed by atoms with E-state index in [2.05, 4.69) is 123 Å². The van der Waals surface area contributed by atoms with Gasteiger partial charge in [0.2, 0.25) is 0 Å². The Hall–Kier alpha value is -3.70. The van der Waals surface area contributed by atoms with E-state index >= 15 is 0 Å². The van der Waals surface area contributed by atoms with E-state index in [4.69, 9.17) is 9.47 Å². The number of hydrogen-bond donors (Lipinski definition) is 1. The Morgan fingerprint density at radius 3 is 1.30 bits per heavy atom. The van der Waals surface area contributed by atoms with E-state index in [-0.39, 0.29) is 32.0 Å². The van der Waals surface area contributed by atoms with Gasteiger partial charge < -0.3 is 14.6 Å². The Morgan fingerprint density at radius 2 is 0.880 bits per heavy atom. The van der Waals surface area contributed by atoms with Gasteiger partial charge in [0.25, 0.3) is 0 Å². The summed E-state index contributed by atoms with van der Waals surface area (Å²) in [5.41, 5.74) is 0. The molecule has 1 atom stereocenters. The van der Waals surface area contributed by atoms with Gasteiger partial charge in [0, 0.05) is 12.8 Å². The van der Waals surface area contributed by atoms with Gasteiger partial charge in [-0.05, 0) is 89.9 Å². The van der Waals surface area contributed by atoms with Crippen LogP contribution in [0.2, 0.25) is 0 Å². The van der Waals surface area contributed by atoms with Gasteiger partial charge in [-0.1, -0.05) is 148 Å². The third-order valence-corrected chi connectivity index (χ3v) is 7.25. The molecule has 50 heavy (non-hydrogen) atoms. The number of carbonyl (C=O) groups is 2. The smallest absolute Gasteiger partial charge is 0.306 e. The summed E-state index contributed by atoms with van der Waals surface area (Å²) in [6.07, 6.45) is 58.4. The number of carbonyl (C=O) groups excluding carboxylic acids is 2. The highest BCUT2D eigenvalue weighted by Crippen LogP contribution is 2.05. The molecule has 0 fully saturated rings. The van der Waals surface area contributed by atoms with Crippen molar-refractivity contribution in [3.05, 3.63) is 122 Å². The first-order valence-electron chi connectivity index (χ1n) is 19.1. The Balaban J connectivity index is 3.85. The maximum absolute atomic E-state index is 12.1. The van der Waals surface area contributed by atoms with E-state index in [0.29, 0.717) is 12.8 Å². The zero-order chi connectivity index (χ0) is 36.4. The highest BCUT2D eigenvalue weighted by Gasteiger charge is 2.15. The van der Waals surface area contributed by atoms with Gasteiger partial charge >= 0.3 is 11.9 Å². The zero-order valence-electron chi connectivity index (χ0n) is 31.3. The highest BCUT2D eigenvalue weighted by molar-refractivity contribution is 5.70. The quantitative estimate of drug-likeness (QED) is 0.0433. The molecule has 0 aromatic carbocycles. The van der Waals surface area contributed by atoms with Crippen LogP contribution in [0.15, 0.2) is 122 Å². The molecule has 0 saturated carbocycles. The number of ether oxygens (including phenoxy) is 2. The Labute approximate surface area is 305 Å². The van der Waals surface area contributed by atoms with Gasteiger partial charge in [0.1, 0.15) is 6.61 Å². The summed E-state index contributed by atoms with van der Waals surface area (Å²) < 4.78 is 10.5. The van der Waals surface area contributed by atoms with Crippen LogP contribution in [0.4, 0.5) is 0 Å². The molecule has 0 amide bonds. The lowest BCUT2D eigenvalue weighted by Crippen LogP contribution is -2.28. The molecule has 0 rings (SSSR count). The van der Waals surface area contributed by atoms with Gasteiger partial charge in [-0.3, -0.25) is 9.59 Å². The van der Waals surface area contributed by atoms with Gasteiger partial charge in [0.15, 0.2) is 6.10 Å². The molecule has 0 aromatic heterocycles. The molecule has 1 N–H and O–H groups in total. The first kappa shape index (κ1) is 46.3. The molecule has 0 heterocycles. The second-order valence-electron chi connectivity index (χ2n) is 11.9. The molecule has 0 aliphatic carbocycles. The van der Waals surface area contributed by atoms with Crippen molar-refractivity contribution in [3.8, 4) is 0 Å². The number of hydrogen-bond acceptors (Lipinski definition) is 5. The summed E-state index contributed by atoms with van der Waals surface area (Å²) in [5.74, 6) is -0.771. The summed E-state index contributed by atoms with van der Waals surface area (Å²) in [5, 5.41) is 9.53. The zero-order valence-corrected chi connectivity index (χ0v) is 31.3. The Morgan fingerprint density at radius 1 is 0.480 bits per heavy atom. The fraction of sp³-hybridized carbons (Fsp3) is 0.511. The highest BCUT2D eigenvalue weighted by atomic mass is 16.6. The van der Waals surface area contributed by atoms with Crippen molar-refractivity contribution in [3.63, 3.8) is 0 Å². The first-order chi connectivity index (χ1) is 24.6. The van der Waals surface area contributed by atoms with Crippen molar-refractivity contribution in [2.45, 2.75) is 136 Å². The van der Waals surface area contributed by atoms with Gasteiger partial charge in [-0.25, -0.2) is 0 Å². The van der Waals surface area contributed by atoms with Crippen LogP contribution < -0.4 is 0 Å². The van der Waals surface area contributed by atoms with Crippen molar-refractivity contribution in [2.75, 3.05) is 13.2 Å². The minimum Gasteiger partial charge on any atom is -0.462 e. The first-order valence-corrected chi connectivity index (χ1v) is 19.1. The fourth-order valence-electron chi connectivity index (χ4n) is 4.39. The lowest BCUT2D eigenvalue weighted by Gasteiger charge is -2.15. The Kier molecular flexibility index (Phi) is 36.8. The van der Waals surface area contributed by atoms with Crippen LogP contribution in [0.5, 0.6) is 0 Å². The molecule has 5 heteroatoms. The van der Waals surface area contributed by atoms with Crippen molar-refractivity contribution >= 4 is 11.9 Å². The maximum atomic E-state index is 12.1. The third-order valence-electron chi connectivity index (χ3n) is 7.25. The summed E-state index contributed by atoms with van der Waals surface area (Å²) in [6.45, 7) is 3.85. The van der Waals surface area contributed by atoms with Crippen LogP contribution in [0.1, 0.15) is 129 Å². The SMILES string of the molecule is CC/C=C\C/C=C\C/C=C\C/C=C\C/C=C\CCCC(=O)OC[C@H](CO)OC(=O)CC/C=C\C/C=C\C/C=C\C/C=C\C/C=C\CCCCC. The van der Waals surface area contributed by atoms with E-state index in [0.717, 1.165) is 64.2 Å². The third kappa shape index (κ3) is 37.1. The fourth-order valence-corrected chi connectivity index (χ4v) is 4.39. The monoisotopic (exact) mass is 689 g/mol. The number of esters is 2. The standard InChI is InChI=1S/C45H68O5/c1-3-5-7-9-11-13-15-17-19-21-22-24-26-28-30-32-34-36-38-40-45(48)50-43(41-46)42-49-44(47)39-37-35-33-31-29-27-25-23-20-18-16-14-12-10-8-6-4-2/h6,8,11-14,17-20,22,24-25,27-28,30-31,33-34,36,43,46H,3-5,7,9-10,15-16,21,23,26,29,32,35,37-42H2,1-2H3/b8-6-,13-11-,14-12-,19-17-,20-18-,24-22-,27-25-,30-28-,33-31-,36-34-/t43-/m0/s1. The molecule has 0 spiro atoms. The van der Waals surface area contributed by atoms with E-state index in [1.54, 1.807) is 0 Å². The van der Waals surface area contributed by atoms with Crippen LogP contribution in [-0.2, 0) is 19.1 Å². The van der Waals surface area contributed by atoms with Crippen molar-refractivity contribution in [1.82, 2.24) is 0 Å². The van der Waals surface area contributed by atoms with Crippen LogP contribution in [0.25, 0.3) is 0 Å². The molecular weight excluding hydrogens is 620 g/mol. The van der Waals surface area contributed by atoms with Crippen LogP contribution in [0, 0.1) is 0 Å². The van der Waals surface area contributed by atoms with Crippen LogP contribution in [0.3, 0.4) is 0 Å². The van der Waals surface area contributed by atoms with Crippen LogP contribution in [-0.4, -0.2) is 36.4 Å². The molecule has 0 unspecified atom stereocenters. The topological polar surface area (TPSA) is 72.8 Å². The number of rotatable bonds is 32. The number of aliphatic hydroxyl groups excluding tert-OH is 1. The normalized spacial score (nSPS) is 13.6. The van der Waals surface area contributed by atoms with Crippen molar-refractivity contribution < 1.29 is 24.2 Å². The summed E-state index contributed by atoms with van der Waals surface area (Å²) in [7, 11) is 0. The molecule has 0 aliphatic heterocycles. The summed E-state index contributed by atoms with van der Waals surface area (Å²) >= 11 is 0. The average Bonchev–Trinajstić information content (AvgIpc) is 3.12. The Bertz CT molecular complexity index is 1100. The predicted molar refractivity (Wildman–Crippen MR) is 214 cm³/mol. The summed E-state index contributed by atoms with van der Waals surface area (Å²) in [4.78, 5) is 24.2. The van der Waals surface area contributed by atoms with Gasteiger partial charge in [0.05, 0.1) is 6.61 Å². The van der Waals surface area contributed by atoms with E-state index < -0.39 is 12.1 Å². The lowest BCUT2D eigenvalue weighted by atomic mass is 10.2. The van der Waals surface area contributed by atoms with E-state index in [1.165, 1.54) is 25.7 Å². The molecule has 0 bridgehead atoms. The molecule has 0 radical (unpaired) electrons. The molecule has 278 valence electrons. The largest absolute Gasteiger partial charge is 0.462 e. The average molecular weight is 689 g/mol. The number of allylic oxidation sites excluding steroid dienone is 20. The van der Waals surface area contributed by atoms with Gasteiger partial charge in [-0.15, -0.1) is 0 Å². The molecule has 0 aromatic rings. The minimum atomic E-state index is -0.843. The van der Waals surface area contributed by atoms with Crippen molar-refractivity contribution in [2.24, 2.45) is 0 Å². The summed E-state index contributed by atoms with van der Waals surface area (Å²) in [6, 6.07) is 0. The second kappa shape index (κ2) is 39.7. The predicted octanol–water partition coefficient (Wildman–Crippen LogP) is 12.1. The van der Waals surface area contributed by atoms with Crippen LogP contribution >= 0.6 is 0 Å². The maximum Gasteiger partial charge on any atom is 0.306 e. The second-order valence-corrected chi connectivity index (χ2v) is 11.9. The minimum absolute atomic E-state index is 0.134. The molecule has 0 saturated heterocycles. The van der Waals surface area contributed by atoms with Crippen molar-refractivity contribution in [1.29, 1.82) is 0 Å². The molecule has 0 aliphatic rings. The number of aliphatic hydroxyl groups is 1. The molecular formula is C45H68O5. The lowest BCUT2D eigenvalue weighted by molar-refractivity contribution is -0.161. The number of unbranched alkanes of at least 4 members (excludes halogenated alkanes) is 4. The van der Waals surface area contributed by atoms with Gasteiger partial charge in [-0.2, -0.15) is 0 Å².